The minimum Gasteiger partial charge on any atom is -0.381 e. The lowest BCUT2D eigenvalue weighted by Crippen LogP contribution is -2.59. The second-order valence-electron chi connectivity index (χ2n) is 4.34. The summed E-state index contributed by atoms with van der Waals surface area (Å²) in [6, 6.07) is 1.57. The Morgan fingerprint density at radius 3 is 2.71 bits per heavy atom. The second kappa shape index (κ2) is 5.10. The lowest BCUT2D eigenvalue weighted by atomic mass is 10.0. The quantitative estimate of drug-likeness (QED) is 0.727. The molecule has 14 heavy (non-hydrogen) atoms. The van der Waals surface area contributed by atoms with Gasteiger partial charge in [-0.25, -0.2) is 0 Å². The van der Waals surface area contributed by atoms with Crippen LogP contribution in [0.5, 0.6) is 0 Å². The van der Waals surface area contributed by atoms with E-state index in [1.165, 1.54) is 38.9 Å². The van der Waals surface area contributed by atoms with Crippen LogP contribution in [0.3, 0.4) is 0 Å². The van der Waals surface area contributed by atoms with Crippen LogP contribution in [0.2, 0.25) is 0 Å². The molecule has 2 heterocycles. The number of nitrogens with zero attached hydrogens (tertiary/aromatic N) is 1. The number of hydrogen-bond donors (Lipinski definition) is 1. The Balaban J connectivity index is 1.87. The van der Waals surface area contributed by atoms with Gasteiger partial charge in [-0.3, -0.25) is 4.90 Å². The van der Waals surface area contributed by atoms with Gasteiger partial charge in [0.2, 0.25) is 0 Å². The lowest BCUT2D eigenvalue weighted by molar-refractivity contribution is 0.0834. The maximum atomic E-state index is 5.51. The van der Waals surface area contributed by atoms with Gasteiger partial charge in [-0.05, 0) is 25.8 Å². The molecule has 1 N–H and O–H groups in total. The highest BCUT2D eigenvalue weighted by molar-refractivity contribution is 4.88. The molecule has 1 atom stereocenters. The summed E-state index contributed by atoms with van der Waals surface area (Å²) in [7, 11) is 0. The van der Waals surface area contributed by atoms with E-state index in [9.17, 15) is 0 Å². The first kappa shape index (κ1) is 10.4. The molecule has 0 amide bonds. The van der Waals surface area contributed by atoms with E-state index in [0.29, 0.717) is 0 Å². The van der Waals surface area contributed by atoms with Crippen molar-refractivity contribution in [3.63, 3.8) is 0 Å². The third-order valence-corrected chi connectivity index (χ3v) is 3.48. The van der Waals surface area contributed by atoms with Gasteiger partial charge < -0.3 is 10.1 Å². The molecule has 2 fully saturated rings. The molecule has 0 aromatic rings. The molecule has 0 aliphatic carbocycles. The van der Waals surface area contributed by atoms with E-state index in [1.54, 1.807) is 0 Å². The topological polar surface area (TPSA) is 24.5 Å². The molecule has 2 aliphatic heterocycles. The molecule has 0 aromatic carbocycles. The normalized spacial score (nSPS) is 30.0. The molecule has 0 radical (unpaired) electrons. The van der Waals surface area contributed by atoms with Gasteiger partial charge in [0.05, 0.1) is 0 Å². The predicted octanol–water partition coefficient (Wildman–Crippen LogP) is 0.849. The Morgan fingerprint density at radius 2 is 2.07 bits per heavy atom. The van der Waals surface area contributed by atoms with E-state index in [0.717, 1.165) is 25.3 Å². The van der Waals surface area contributed by atoms with Crippen molar-refractivity contribution in [1.29, 1.82) is 0 Å². The lowest BCUT2D eigenvalue weighted by Gasteiger charge is -2.42. The van der Waals surface area contributed by atoms with Gasteiger partial charge in [-0.15, -0.1) is 0 Å². The van der Waals surface area contributed by atoms with Crippen molar-refractivity contribution in [2.45, 2.75) is 38.3 Å². The highest BCUT2D eigenvalue weighted by Gasteiger charge is 2.29. The van der Waals surface area contributed by atoms with E-state index >= 15 is 0 Å². The van der Waals surface area contributed by atoms with Crippen LogP contribution in [0.1, 0.15) is 26.2 Å². The fraction of sp³-hybridized carbons (Fsp3) is 1.00. The molecule has 2 aliphatic rings. The first-order valence-electron chi connectivity index (χ1n) is 5.96. The highest BCUT2D eigenvalue weighted by atomic mass is 16.5. The smallest absolute Gasteiger partial charge is 0.0480 e. The van der Waals surface area contributed by atoms with Crippen LogP contribution in [-0.4, -0.2) is 49.8 Å². The van der Waals surface area contributed by atoms with E-state index in [2.05, 4.69) is 17.1 Å². The maximum absolute atomic E-state index is 5.51. The van der Waals surface area contributed by atoms with Crippen LogP contribution < -0.4 is 5.32 Å². The molecule has 0 bridgehead atoms. The van der Waals surface area contributed by atoms with Gasteiger partial charge in [0.25, 0.3) is 0 Å². The van der Waals surface area contributed by atoms with Gasteiger partial charge in [-0.2, -0.15) is 0 Å². The van der Waals surface area contributed by atoms with Crippen molar-refractivity contribution in [3.8, 4) is 0 Å². The van der Waals surface area contributed by atoms with E-state index in [1.807, 2.05) is 0 Å². The summed E-state index contributed by atoms with van der Waals surface area (Å²) in [6.45, 7) is 7.77. The minimum atomic E-state index is 0.773. The SMILES string of the molecule is CCN(C1CCCOCC1)C1CNC1. The molecule has 2 saturated heterocycles. The summed E-state index contributed by atoms with van der Waals surface area (Å²) < 4.78 is 5.51. The summed E-state index contributed by atoms with van der Waals surface area (Å²) in [5.41, 5.74) is 0. The summed E-state index contributed by atoms with van der Waals surface area (Å²) in [5.74, 6) is 0. The fourth-order valence-corrected chi connectivity index (χ4v) is 2.54. The zero-order valence-electron chi connectivity index (χ0n) is 9.17. The van der Waals surface area contributed by atoms with Crippen LogP contribution in [0.15, 0.2) is 0 Å². The number of likely N-dealkylation sites (N-methyl/N-ethyl adjacent to an activating group) is 1. The van der Waals surface area contributed by atoms with E-state index in [-0.39, 0.29) is 0 Å². The van der Waals surface area contributed by atoms with Crippen molar-refractivity contribution in [2.75, 3.05) is 32.8 Å². The summed E-state index contributed by atoms with van der Waals surface area (Å²) in [5, 5.41) is 3.36. The van der Waals surface area contributed by atoms with Crippen molar-refractivity contribution in [1.82, 2.24) is 10.2 Å². The molecule has 0 saturated carbocycles. The molecule has 82 valence electrons. The molecule has 0 spiro atoms. The number of rotatable bonds is 3. The second-order valence-corrected chi connectivity index (χ2v) is 4.34. The van der Waals surface area contributed by atoms with Gasteiger partial charge in [0.15, 0.2) is 0 Å². The van der Waals surface area contributed by atoms with Crippen molar-refractivity contribution in [2.24, 2.45) is 0 Å². The van der Waals surface area contributed by atoms with E-state index in [4.69, 9.17) is 4.74 Å². The van der Waals surface area contributed by atoms with Gasteiger partial charge in [0.1, 0.15) is 0 Å². The number of hydrogen-bond acceptors (Lipinski definition) is 3. The highest BCUT2D eigenvalue weighted by Crippen LogP contribution is 2.19. The number of nitrogens with one attached hydrogen (secondary N) is 1. The molecule has 2 rings (SSSR count). The Hall–Kier alpha value is -0.120. The molecular weight excluding hydrogens is 176 g/mol. The summed E-state index contributed by atoms with van der Waals surface area (Å²) >= 11 is 0. The molecule has 3 nitrogen and oxygen atoms in total. The Labute approximate surface area is 86.8 Å². The van der Waals surface area contributed by atoms with Crippen LogP contribution in [-0.2, 0) is 4.74 Å². The molecule has 1 unspecified atom stereocenters. The monoisotopic (exact) mass is 198 g/mol. The average molecular weight is 198 g/mol. The van der Waals surface area contributed by atoms with Crippen LogP contribution >= 0.6 is 0 Å². The first-order chi connectivity index (χ1) is 6.92. The van der Waals surface area contributed by atoms with Gasteiger partial charge in [-0.1, -0.05) is 6.92 Å². The van der Waals surface area contributed by atoms with Crippen LogP contribution in [0, 0.1) is 0 Å². The van der Waals surface area contributed by atoms with Crippen molar-refractivity contribution < 1.29 is 4.74 Å². The molecule has 3 heteroatoms. The molecule has 0 aromatic heterocycles. The fourth-order valence-electron chi connectivity index (χ4n) is 2.54. The van der Waals surface area contributed by atoms with Crippen LogP contribution in [0.4, 0.5) is 0 Å². The first-order valence-corrected chi connectivity index (χ1v) is 5.96. The zero-order chi connectivity index (χ0) is 9.80. The van der Waals surface area contributed by atoms with Crippen LogP contribution in [0.25, 0.3) is 0 Å². The largest absolute Gasteiger partial charge is 0.381 e. The van der Waals surface area contributed by atoms with Gasteiger partial charge >= 0.3 is 0 Å². The number of ether oxygens (including phenoxy) is 1. The minimum absolute atomic E-state index is 0.773. The van der Waals surface area contributed by atoms with Crippen molar-refractivity contribution in [3.05, 3.63) is 0 Å². The Bertz CT molecular complexity index is 163. The summed E-state index contributed by atoms with van der Waals surface area (Å²) in [6.07, 6.45) is 3.79. The predicted molar refractivity (Wildman–Crippen MR) is 57.5 cm³/mol. The average Bonchev–Trinajstić information content (AvgIpc) is 2.38. The van der Waals surface area contributed by atoms with Crippen molar-refractivity contribution >= 4 is 0 Å². The standard InChI is InChI=1S/C11H22N2O/c1-2-13(11-8-12-9-11)10-4-3-6-14-7-5-10/h10-12H,2-9H2,1H3. The summed E-state index contributed by atoms with van der Waals surface area (Å²) in [4.78, 5) is 2.67. The third kappa shape index (κ3) is 2.27. The van der Waals surface area contributed by atoms with Gasteiger partial charge in [0, 0.05) is 38.4 Å². The van der Waals surface area contributed by atoms with E-state index < -0.39 is 0 Å². The molecular formula is C11H22N2O. The Kier molecular flexibility index (Phi) is 3.79. The Morgan fingerprint density at radius 1 is 1.21 bits per heavy atom. The zero-order valence-corrected chi connectivity index (χ0v) is 9.17. The third-order valence-electron chi connectivity index (χ3n) is 3.48. The maximum Gasteiger partial charge on any atom is 0.0480 e.